The molecule has 0 aliphatic rings. The van der Waals surface area contributed by atoms with E-state index in [4.69, 9.17) is 19.9 Å². The highest BCUT2D eigenvalue weighted by Gasteiger charge is 2.18. The van der Waals surface area contributed by atoms with E-state index >= 15 is 0 Å². The van der Waals surface area contributed by atoms with Gasteiger partial charge < -0.3 is 0 Å². The number of fused-ring (bicyclic) bond motifs is 3. The molecular weight excluding hydrogens is 516 g/mol. The highest BCUT2D eigenvalue weighted by molar-refractivity contribution is 6.10. The topological polar surface area (TPSA) is 77.3 Å². The van der Waals surface area contributed by atoms with Gasteiger partial charge >= 0.3 is 0 Å². The van der Waals surface area contributed by atoms with E-state index in [0.717, 1.165) is 66.2 Å². The van der Waals surface area contributed by atoms with Gasteiger partial charge in [-0.15, -0.1) is 0 Å². The average molecular weight is 539 g/mol. The molecule has 0 radical (unpaired) electrons. The maximum atomic E-state index is 5.11. The summed E-state index contributed by atoms with van der Waals surface area (Å²) >= 11 is 0. The predicted octanol–water partition coefficient (Wildman–Crippen LogP) is 8.18. The predicted molar refractivity (Wildman–Crippen MR) is 167 cm³/mol. The zero-order chi connectivity index (χ0) is 27.9. The number of benzene rings is 4. The van der Waals surface area contributed by atoms with Crippen LogP contribution in [-0.2, 0) is 0 Å². The van der Waals surface area contributed by atoms with Gasteiger partial charge in [-0.3, -0.25) is 9.97 Å². The van der Waals surface area contributed by atoms with E-state index in [9.17, 15) is 0 Å². The van der Waals surface area contributed by atoms with E-state index < -0.39 is 0 Å². The minimum absolute atomic E-state index is 0.646. The molecule has 196 valence electrons. The van der Waals surface area contributed by atoms with Crippen molar-refractivity contribution in [1.29, 1.82) is 0 Å². The minimum Gasteiger partial charge on any atom is -0.264 e. The molecule has 0 saturated carbocycles. The third-order valence-electron chi connectivity index (χ3n) is 7.48. The second-order valence-electron chi connectivity index (χ2n) is 10.0. The van der Waals surface area contributed by atoms with Crippen LogP contribution in [0.15, 0.2) is 134 Å². The smallest absolute Gasteiger partial charge is 0.161 e. The first-order valence-corrected chi connectivity index (χ1v) is 13.7. The molecule has 0 bridgehead atoms. The molecule has 0 unspecified atom stereocenters. The summed E-state index contributed by atoms with van der Waals surface area (Å²) in [6.45, 7) is 0. The van der Waals surface area contributed by atoms with Crippen LogP contribution in [0.3, 0.4) is 0 Å². The molecule has 0 fully saturated rings. The molecule has 0 saturated heterocycles. The van der Waals surface area contributed by atoms with Crippen LogP contribution in [-0.4, -0.2) is 29.9 Å². The molecule has 8 aromatic rings. The summed E-state index contributed by atoms with van der Waals surface area (Å²) in [4.78, 5) is 28.6. The van der Waals surface area contributed by atoms with Crippen LogP contribution in [0.2, 0.25) is 0 Å². The number of rotatable bonds is 4. The zero-order valence-corrected chi connectivity index (χ0v) is 22.4. The lowest BCUT2D eigenvalue weighted by Gasteiger charge is -2.15. The van der Waals surface area contributed by atoms with Gasteiger partial charge in [0.1, 0.15) is 0 Å². The molecule has 6 nitrogen and oxygen atoms in total. The highest BCUT2D eigenvalue weighted by Crippen LogP contribution is 2.39. The van der Waals surface area contributed by atoms with Gasteiger partial charge in [-0.05, 0) is 47.2 Å². The molecule has 0 spiro atoms. The molecule has 0 atom stereocenters. The normalized spacial score (nSPS) is 11.3. The maximum absolute atomic E-state index is 5.11. The van der Waals surface area contributed by atoms with Gasteiger partial charge in [-0.2, -0.15) is 0 Å². The van der Waals surface area contributed by atoms with E-state index in [0.29, 0.717) is 11.6 Å². The number of nitrogens with zero attached hydrogens (tertiary/aromatic N) is 6. The van der Waals surface area contributed by atoms with E-state index in [1.54, 1.807) is 24.8 Å². The van der Waals surface area contributed by atoms with Crippen molar-refractivity contribution in [3.05, 3.63) is 134 Å². The van der Waals surface area contributed by atoms with Crippen LogP contribution < -0.4 is 0 Å². The van der Waals surface area contributed by atoms with Gasteiger partial charge in [0.15, 0.2) is 11.6 Å². The van der Waals surface area contributed by atoms with Crippen molar-refractivity contribution in [2.45, 2.75) is 0 Å². The molecule has 0 aliphatic heterocycles. The zero-order valence-electron chi connectivity index (χ0n) is 22.4. The van der Waals surface area contributed by atoms with Gasteiger partial charge in [0.05, 0.1) is 22.4 Å². The lowest BCUT2D eigenvalue weighted by molar-refractivity contribution is 1.21. The third-order valence-corrected chi connectivity index (χ3v) is 7.48. The Bertz CT molecular complexity index is 2090. The number of hydrogen-bond acceptors (Lipinski definition) is 6. The Morgan fingerprint density at radius 1 is 0.357 bits per heavy atom. The fourth-order valence-corrected chi connectivity index (χ4v) is 5.52. The quantitative estimate of drug-likeness (QED) is 0.225. The number of aromatic nitrogens is 6. The third kappa shape index (κ3) is 4.05. The van der Waals surface area contributed by atoms with Crippen molar-refractivity contribution in [3.63, 3.8) is 0 Å². The molecule has 0 aliphatic carbocycles. The average Bonchev–Trinajstić information content (AvgIpc) is 3.07. The van der Waals surface area contributed by atoms with Gasteiger partial charge in [0.25, 0.3) is 0 Å². The van der Waals surface area contributed by atoms with E-state index in [1.165, 1.54) is 0 Å². The molecular formula is C36H22N6. The summed E-state index contributed by atoms with van der Waals surface area (Å²) in [5, 5.41) is 4.16. The van der Waals surface area contributed by atoms with Gasteiger partial charge in [-0.1, -0.05) is 72.8 Å². The number of hydrogen-bond donors (Lipinski definition) is 0. The summed E-state index contributed by atoms with van der Waals surface area (Å²) in [7, 11) is 0. The van der Waals surface area contributed by atoms with Gasteiger partial charge in [0.2, 0.25) is 0 Å². The molecule has 6 heteroatoms. The van der Waals surface area contributed by atoms with Gasteiger partial charge in [-0.25, -0.2) is 19.9 Å². The summed E-state index contributed by atoms with van der Waals surface area (Å²) in [5.41, 5.74) is 7.35. The van der Waals surface area contributed by atoms with Gasteiger partial charge in [0, 0.05) is 57.8 Å². The lowest BCUT2D eigenvalue weighted by Crippen LogP contribution is -1.98. The minimum atomic E-state index is 0.646. The first kappa shape index (κ1) is 24.0. The highest BCUT2D eigenvalue weighted by atomic mass is 14.9. The number of para-hydroxylation sites is 2. The Kier molecular flexibility index (Phi) is 5.67. The van der Waals surface area contributed by atoms with Crippen molar-refractivity contribution in [3.8, 4) is 45.3 Å². The molecule has 4 aromatic carbocycles. The van der Waals surface area contributed by atoms with Crippen molar-refractivity contribution < 1.29 is 0 Å². The maximum Gasteiger partial charge on any atom is 0.161 e. The molecule has 0 N–H and O–H groups in total. The molecule has 8 rings (SSSR count). The second kappa shape index (κ2) is 9.94. The molecule has 4 heterocycles. The van der Waals surface area contributed by atoms with Crippen LogP contribution in [0.1, 0.15) is 0 Å². The summed E-state index contributed by atoms with van der Waals surface area (Å²) < 4.78 is 0. The van der Waals surface area contributed by atoms with Crippen molar-refractivity contribution in [2.24, 2.45) is 0 Å². The summed E-state index contributed by atoms with van der Waals surface area (Å²) in [6.07, 6.45) is 7.12. The monoisotopic (exact) mass is 538 g/mol. The Hall–Kier alpha value is -5.88. The van der Waals surface area contributed by atoms with Crippen LogP contribution in [0.5, 0.6) is 0 Å². The molecule has 0 amide bonds. The lowest BCUT2D eigenvalue weighted by atomic mass is 9.93. The largest absolute Gasteiger partial charge is 0.264 e. The fourth-order valence-electron chi connectivity index (χ4n) is 5.52. The Labute approximate surface area is 241 Å². The Balaban J connectivity index is 1.40. The van der Waals surface area contributed by atoms with Crippen LogP contribution in [0.25, 0.3) is 77.9 Å². The van der Waals surface area contributed by atoms with E-state index in [1.807, 2.05) is 60.7 Å². The van der Waals surface area contributed by atoms with Crippen molar-refractivity contribution in [1.82, 2.24) is 29.9 Å². The Morgan fingerprint density at radius 2 is 0.786 bits per heavy atom. The SMILES string of the molecule is c1cncc(-c2nc(-c3ccc(-c4nc(-c5cccnc5)nc5ccccc45)c4ccccc34)c3ccccc3n2)c1. The van der Waals surface area contributed by atoms with Crippen LogP contribution in [0.4, 0.5) is 0 Å². The first-order chi connectivity index (χ1) is 20.8. The van der Waals surface area contributed by atoms with Crippen LogP contribution in [0, 0.1) is 0 Å². The second-order valence-corrected chi connectivity index (χ2v) is 10.0. The summed E-state index contributed by atoms with van der Waals surface area (Å²) in [6, 6.07) is 36.8. The summed E-state index contributed by atoms with van der Waals surface area (Å²) in [5.74, 6) is 1.29. The van der Waals surface area contributed by atoms with E-state index in [-0.39, 0.29) is 0 Å². The Morgan fingerprint density at radius 3 is 1.21 bits per heavy atom. The van der Waals surface area contributed by atoms with Crippen molar-refractivity contribution in [2.75, 3.05) is 0 Å². The van der Waals surface area contributed by atoms with Crippen molar-refractivity contribution >= 4 is 32.6 Å². The first-order valence-electron chi connectivity index (χ1n) is 13.7. The standard InChI is InChI=1S/C36H22N6/c1-2-12-26-25(11-1)27(33-29-13-3-5-15-31(29)39-35(41-33)23-9-7-19-37-21-23)17-18-28(26)34-30-14-4-6-16-32(30)40-36(42-34)24-10-8-20-38-22-24/h1-22H. The number of pyridine rings is 2. The molecule has 42 heavy (non-hydrogen) atoms. The fraction of sp³-hybridized carbons (Fsp3) is 0. The van der Waals surface area contributed by atoms with Crippen LogP contribution >= 0.6 is 0 Å². The van der Waals surface area contributed by atoms with E-state index in [2.05, 4.69) is 58.5 Å². The molecule has 4 aromatic heterocycles.